The number of thioether (sulfide) groups is 3. The minimum absolute atomic E-state index is 0.243. The van der Waals surface area contributed by atoms with Crippen molar-refractivity contribution in [2.75, 3.05) is 0 Å². The molecule has 1 nitrogen and oxygen atoms in total. The molecule has 3 aromatic rings. The standard InChI is InChI=1S/C27H25NS3/c1-4-12-20(13-5-1)25-28-27(29-23-18-10-11-19-24(23)30-27)26(31-25,21-14-6-2-7-15-21)22-16-8-3-9-17-22/h1-9,12-17,23-24H,10-11,18-19H2. The van der Waals surface area contributed by atoms with Gasteiger partial charge in [-0.25, -0.2) is 4.99 Å². The summed E-state index contributed by atoms with van der Waals surface area (Å²) < 4.78 is -0.488. The Kier molecular flexibility index (Phi) is 5.20. The van der Waals surface area contributed by atoms with Gasteiger partial charge in [-0.3, -0.25) is 0 Å². The van der Waals surface area contributed by atoms with Crippen molar-refractivity contribution < 1.29 is 0 Å². The van der Waals surface area contributed by atoms with E-state index in [0.29, 0.717) is 10.5 Å². The molecule has 2 fully saturated rings. The molecule has 2 heterocycles. The molecular weight excluding hydrogens is 435 g/mol. The normalized spacial score (nSPS) is 29.0. The maximum absolute atomic E-state index is 5.63. The second-order valence-electron chi connectivity index (χ2n) is 8.48. The van der Waals surface area contributed by atoms with Gasteiger partial charge in [-0.1, -0.05) is 116 Å². The summed E-state index contributed by atoms with van der Waals surface area (Å²) in [7, 11) is 0. The minimum atomic E-state index is -0.245. The van der Waals surface area contributed by atoms with Crippen molar-refractivity contribution in [1.82, 2.24) is 0 Å². The van der Waals surface area contributed by atoms with Gasteiger partial charge in [0, 0.05) is 16.1 Å². The second kappa shape index (κ2) is 8.06. The molecule has 2 atom stereocenters. The van der Waals surface area contributed by atoms with Gasteiger partial charge >= 0.3 is 0 Å². The van der Waals surface area contributed by atoms with Gasteiger partial charge in [0.05, 0.1) is 0 Å². The second-order valence-corrected chi connectivity index (χ2v) is 12.8. The smallest absolute Gasteiger partial charge is 0.177 e. The molecule has 3 aliphatic rings. The maximum atomic E-state index is 5.63. The van der Waals surface area contributed by atoms with E-state index in [1.165, 1.54) is 47.4 Å². The Labute approximate surface area is 197 Å². The number of rotatable bonds is 3. The molecule has 0 bridgehead atoms. The van der Waals surface area contributed by atoms with Gasteiger partial charge in [-0.15, -0.1) is 23.5 Å². The van der Waals surface area contributed by atoms with E-state index in [4.69, 9.17) is 4.99 Å². The highest BCUT2D eigenvalue weighted by Crippen LogP contribution is 2.72. The summed E-state index contributed by atoms with van der Waals surface area (Å²) in [6.07, 6.45) is 5.36. The van der Waals surface area contributed by atoms with Gasteiger partial charge in [-0.05, 0) is 24.0 Å². The highest BCUT2D eigenvalue weighted by atomic mass is 32.2. The van der Waals surface area contributed by atoms with Crippen molar-refractivity contribution in [3.63, 3.8) is 0 Å². The number of nitrogens with zero attached hydrogens (tertiary/aromatic N) is 1. The third kappa shape index (κ3) is 3.21. The third-order valence-corrected chi connectivity index (χ3v) is 12.4. The first-order chi connectivity index (χ1) is 15.3. The van der Waals surface area contributed by atoms with Crippen LogP contribution in [0.25, 0.3) is 0 Å². The fraction of sp³-hybridized carbons (Fsp3) is 0.296. The third-order valence-electron chi connectivity index (χ3n) is 6.59. The number of aliphatic imine (C=N–C) groups is 1. The van der Waals surface area contributed by atoms with Crippen LogP contribution in [-0.2, 0) is 4.75 Å². The first-order valence-corrected chi connectivity index (χ1v) is 13.7. The van der Waals surface area contributed by atoms with Crippen LogP contribution in [0.2, 0.25) is 0 Å². The molecule has 0 amide bonds. The Morgan fingerprint density at radius 2 is 1.13 bits per heavy atom. The Morgan fingerprint density at radius 3 is 1.65 bits per heavy atom. The first kappa shape index (κ1) is 20.0. The van der Waals surface area contributed by atoms with E-state index in [9.17, 15) is 0 Å². The molecule has 0 radical (unpaired) electrons. The van der Waals surface area contributed by atoms with Crippen molar-refractivity contribution in [3.05, 3.63) is 108 Å². The van der Waals surface area contributed by atoms with E-state index < -0.39 is 0 Å². The molecule has 0 N–H and O–H groups in total. The van der Waals surface area contributed by atoms with Gasteiger partial charge in [0.2, 0.25) is 0 Å². The summed E-state index contributed by atoms with van der Waals surface area (Å²) in [4.78, 5) is 5.63. The number of hydrogen-bond donors (Lipinski definition) is 0. The van der Waals surface area contributed by atoms with E-state index in [1.807, 2.05) is 11.8 Å². The SMILES string of the molecule is c1ccc(C2=NC3(SC4CCCCC4S3)C(c3ccccc3)(c3ccccc3)S2)cc1. The zero-order chi connectivity index (χ0) is 20.7. The monoisotopic (exact) mass is 459 g/mol. The highest BCUT2D eigenvalue weighted by molar-refractivity contribution is 8.25. The molecule has 0 aromatic heterocycles. The molecule has 1 aliphatic carbocycles. The van der Waals surface area contributed by atoms with Gasteiger partial charge in [0.15, 0.2) is 4.20 Å². The molecule has 1 saturated heterocycles. The fourth-order valence-electron chi connectivity index (χ4n) is 5.13. The molecular formula is C27H25NS3. The van der Waals surface area contributed by atoms with Gasteiger partial charge in [0.1, 0.15) is 9.79 Å². The zero-order valence-corrected chi connectivity index (χ0v) is 19.8. The summed E-state index contributed by atoms with van der Waals surface area (Å²) in [5.74, 6) is 0. The number of benzene rings is 3. The molecule has 31 heavy (non-hydrogen) atoms. The van der Waals surface area contributed by atoms with Crippen molar-refractivity contribution in [3.8, 4) is 0 Å². The predicted molar refractivity (Wildman–Crippen MR) is 138 cm³/mol. The summed E-state index contributed by atoms with van der Waals surface area (Å²) in [6.45, 7) is 0. The molecule has 1 spiro atoms. The quantitative estimate of drug-likeness (QED) is 0.401. The lowest BCUT2D eigenvalue weighted by Gasteiger charge is -2.41. The topological polar surface area (TPSA) is 12.4 Å². The summed E-state index contributed by atoms with van der Waals surface area (Å²) in [6, 6.07) is 33.0. The van der Waals surface area contributed by atoms with Crippen LogP contribution in [-0.4, -0.2) is 19.7 Å². The fourth-order valence-corrected chi connectivity index (χ4v) is 11.6. The maximum Gasteiger partial charge on any atom is 0.177 e. The Balaban J connectivity index is 1.58. The molecule has 6 rings (SSSR count). The van der Waals surface area contributed by atoms with Crippen LogP contribution < -0.4 is 0 Å². The van der Waals surface area contributed by atoms with Gasteiger partial charge < -0.3 is 0 Å². The lowest BCUT2D eigenvalue weighted by atomic mass is 9.89. The number of hydrogen-bond acceptors (Lipinski definition) is 4. The average Bonchev–Trinajstić information content (AvgIpc) is 3.39. The van der Waals surface area contributed by atoms with Crippen molar-refractivity contribution in [1.29, 1.82) is 0 Å². The molecule has 4 heteroatoms. The van der Waals surface area contributed by atoms with E-state index in [2.05, 4.69) is 115 Å². The van der Waals surface area contributed by atoms with E-state index in [-0.39, 0.29) is 8.95 Å². The summed E-state index contributed by atoms with van der Waals surface area (Å²) >= 11 is 6.28. The lowest BCUT2D eigenvalue weighted by Crippen LogP contribution is -2.40. The molecule has 1 saturated carbocycles. The van der Waals surface area contributed by atoms with Gasteiger partial charge in [-0.2, -0.15) is 0 Å². The minimum Gasteiger partial charge on any atom is -0.247 e. The Bertz CT molecular complexity index is 1030. The van der Waals surface area contributed by atoms with Crippen LogP contribution in [0.5, 0.6) is 0 Å². The van der Waals surface area contributed by atoms with Crippen molar-refractivity contribution >= 4 is 40.3 Å². The molecule has 3 aromatic carbocycles. The number of fused-ring (bicyclic) bond motifs is 1. The average molecular weight is 460 g/mol. The van der Waals surface area contributed by atoms with Crippen LogP contribution in [0.4, 0.5) is 0 Å². The Hall–Kier alpha value is -1.62. The lowest BCUT2D eigenvalue weighted by molar-refractivity contribution is 0.532. The van der Waals surface area contributed by atoms with Crippen molar-refractivity contribution in [2.45, 2.75) is 45.1 Å². The van der Waals surface area contributed by atoms with E-state index in [0.717, 1.165) is 0 Å². The predicted octanol–water partition coefficient (Wildman–Crippen LogP) is 7.57. The van der Waals surface area contributed by atoms with Crippen molar-refractivity contribution in [2.24, 2.45) is 4.99 Å². The van der Waals surface area contributed by atoms with Crippen LogP contribution in [0.15, 0.2) is 96.0 Å². The summed E-state index contributed by atoms with van der Waals surface area (Å²) in [5, 5.41) is 2.57. The first-order valence-electron chi connectivity index (χ1n) is 11.1. The zero-order valence-electron chi connectivity index (χ0n) is 17.3. The molecule has 156 valence electrons. The van der Waals surface area contributed by atoms with Crippen LogP contribution in [0, 0.1) is 0 Å². The largest absolute Gasteiger partial charge is 0.247 e. The van der Waals surface area contributed by atoms with Crippen LogP contribution in [0.3, 0.4) is 0 Å². The van der Waals surface area contributed by atoms with Crippen LogP contribution in [0.1, 0.15) is 42.4 Å². The van der Waals surface area contributed by atoms with Crippen LogP contribution >= 0.6 is 35.3 Å². The molecule has 2 unspecified atom stereocenters. The Morgan fingerprint density at radius 1 is 0.645 bits per heavy atom. The molecule has 2 aliphatic heterocycles. The van der Waals surface area contributed by atoms with Gasteiger partial charge in [0.25, 0.3) is 0 Å². The van der Waals surface area contributed by atoms with E-state index >= 15 is 0 Å². The van der Waals surface area contributed by atoms with E-state index in [1.54, 1.807) is 0 Å². The summed E-state index contributed by atoms with van der Waals surface area (Å²) in [5.41, 5.74) is 3.95. The highest BCUT2D eigenvalue weighted by Gasteiger charge is 2.65.